The van der Waals surface area contributed by atoms with Gasteiger partial charge in [-0.3, -0.25) is 4.79 Å². The van der Waals surface area contributed by atoms with Crippen LogP contribution in [-0.2, 0) is 17.9 Å². The molecule has 0 aliphatic heterocycles. The van der Waals surface area contributed by atoms with Gasteiger partial charge in [0.1, 0.15) is 18.2 Å². The lowest BCUT2D eigenvalue weighted by atomic mass is 10.1. The molecule has 9 heteroatoms. The minimum Gasteiger partial charge on any atom is -0.486 e. The number of ether oxygens (including phenoxy) is 1. The fraction of sp³-hybridized carbons (Fsp3) is 0.300. The highest BCUT2D eigenvalue weighted by Crippen LogP contribution is 2.20. The second kappa shape index (κ2) is 9.89. The number of nitrogens with one attached hydrogen (secondary N) is 1. The Hall–Kier alpha value is -2.39. The molecule has 2 heterocycles. The van der Waals surface area contributed by atoms with Gasteiger partial charge in [0.25, 0.3) is 0 Å². The van der Waals surface area contributed by atoms with Crippen molar-refractivity contribution in [1.82, 2.24) is 19.7 Å². The Morgan fingerprint density at radius 2 is 2.03 bits per heavy atom. The van der Waals surface area contributed by atoms with E-state index in [2.05, 4.69) is 50.3 Å². The van der Waals surface area contributed by atoms with Gasteiger partial charge in [-0.05, 0) is 72.1 Å². The van der Waals surface area contributed by atoms with E-state index in [9.17, 15) is 4.79 Å². The number of aromatic nitrogens is 4. The maximum absolute atomic E-state index is 12.2. The molecule has 7 nitrogen and oxygen atoms in total. The summed E-state index contributed by atoms with van der Waals surface area (Å²) in [6.45, 7) is 7.15. The molecular weight excluding hydrogens is 454 g/mol. The van der Waals surface area contributed by atoms with Crippen LogP contribution in [0.1, 0.15) is 23.9 Å². The van der Waals surface area contributed by atoms with Gasteiger partial charge >= 0.3 is 0 Å². The Balaban J connectivity index is 1.57. The van der Waals surface area contributed by atoms with Crippen LogP contribution in [0.2, 0.25) is 0 Å². The van der Waals surface area contributed by atoms with E-state index < -0.39 is 0 Å². The SMILES string of the molecule is CCn1c(COc2ccc(C)c(C)c2)nnc1SCC(=O)Nc1ccc(Br)cn1. The lowest BCUT2D eigenvalue weighted by molar-refractivity contribution is -0.113. The van der Waals surface area contributed by atoms with Gasteiger partial charge in [0.15, 0.2) is 11.0 Å². The zero-order valence-corrected chi connectivity index (χ0v) is 18.9. The minimum absolute atomic E-state index is 0.150. The average Bonchev–Trinajstić information content (AvgIpc) is 3.11. The summed E-state index contributed by atoms with van der Waals surface area (Å²) in [5, 5.41) is 11.9. The second-order valence-corrected chi connectivity index (χ2v) is 8.23. The second-order valence-electron chi connectivity index (χ2n) is 6.38. The number of anilines is 1. The molecule has 0 aliphatic carbocycles. The molecule has 0 fully saturated rings. The van der Waals surface area contributed by atoms with E-state index >= 15 is 0 Å². The summed E-state index contributed by atoms with van der Waals surface area (Å²) < 4.78 is 8.69. The number of hydrogen-bond acceptors (Lipinski definition) is 6. The third-order valence-electron chi connectivity index (χ3n) is 4.28. The predicted molar refractivity (Wildman–Crippen MR) is 117 cm³/mol. The number of amides is 1. The monoisotopic (exact) mass is 475 g/mol. The van der Waals surface area contributed by atoms with Crippen molar-refractivity contribution in [2.75, 3.05) is 11.1 Å². The Labute approximate surface area is 182 Å². The molecule has 0 spiro atoms. The quantitative estimate of drug-likeness (QED) is 0.486. The molecule has 0 unspecified atom stereocenters. The van der Waals surface area contributed by atoms with Crippen LogP contribution in [0.5, 0.6) is 5.75 Å². The van der Waals surface area contributed by atoms with Crippen molar-refractivity contribution < 1.29 is 9.53 Å². The number of hydrogen-bond donors (Lipinski definition) is 1. The number of thioether (sulfide) groups is 1. The Morgan fingerprint density at radius 1 is 1.21 bits per heavy atom. The molecule has 29 heavy (non-hydrogen) atoms. The first-order valence-corrected chi connectivity index (χ1v) is 10.9. The summed E-state index contributed by atoms with van der Waals surface area (Å²) in [5.41, 5.74) is 2.41. The number of rotatable bonds is 8. The fourth-order valence-corrected chi connectivity index (χ4v) is 3.62. The minimum atomic E-state index is -0.150. The van der Waals surface area contributed by atoms with Crippen LogP contribution >= 0.6 is 27.7 Å². The van der Waals surface area contributed by atoms with Crippen molar-refractivity contribution in [2.45, 2.75) is 39.1 Å². The van der Waals surface area contributed by atoms with Crippen LogP contribution in [0.25, 0.3) is 0 Å². The van der Waals surface area contributed by atoms with Gasteiger partial charge in [0.2, 0.25) is 5.91 Å². The number of pyridine rings is 1. The third-order valence-corrected chi connectivity index (χ3v) is 5.72. The van der Waals surface area contributed by atoms with Gasteiger partial charge in [0.05, 0.1) is 5.75 Å². The van der Waals surface area contributed by atoms with Crippen LogP contribution in [0.3, 0.4) is 0 Å². The summed E-state index contributed by atoms with van der Waals surface area (Å²) in [4.78, 5) is 16.3. The molecule has 0 saturated heterocycles. The smallest absolute Gasteiger partial charge is 0.236 e. The predicted octanol–water partition coefficient (Wildman–Crippen LogP) is 4.38. The van der Waals surface area contributed by atoms with Gasteiger partial charge in [-0.1, -0.05) is 17.8 Å². The van der Waals surface area contributed by atoms with Gasteiger partial charge in [0, 0.05) is 17.2 Å². The fourth-order valence-electron chi connectivity index (χ4n) is 2.56. The largest absolute Gasteiger partial charge is 0.486 e. The molecule has 1 amide bonds. The van der Waals surface area contributed by atoms with E-state index in [1.54, 1.807) is 12.3 Å². The number of carbonyl (C=O) groups is 1. The highest BCUT2D eigenvalue weighted by Gasteiger charge is 2.14. The Kier molecular flexibility index (Phi) is 7.27. The van der Waals surface area contributed by atoms with Crippen LogP contribution in [0.4, 0.5) is 5.82 Å². The van der Waals surface area contributed by atoms with Crippen molar-refractivity contribution in [3.8, 4) is 5.75 Å². The van der Waals surface area contributed by atoms with E-state index in [1.807, 2.05) is 35.8 Å². The average molecular weight is 476 g/mol. The third kappa shape index (κ3) is 5.80. The Bertz CT molecular complexity index is 991. The van der Waals surface area contributed by atoms with Crippen LogP contribution in [-0.4, -0.2) is 31.4 Å². The molecule has 3 aromatic rings. The Morgan fingerprint density at radius 3 is 2.72 bits per heavy atom. The number of aryl methyl sites for hydroxylation is 2. The maximum atomic E-state index is 12.2. The van der Waals surface area contributed by atoms with Gasteiger partial charge in [-0.2, -0.15) is 0 Å². The van der Waals surface area contributed by atoms with Gasteiger partial charge in [-0.25, -0.2) is 4.98 Å². The van der Waals surface area contributed by atoms with Crippen molar-refractivity contribution in [3.63, 3.8) is 0 Å². The van der Waals surface area contributed by atoms with E-state index in [-0.39, 0.29) is 11.7 Å². The molecule has 152 valence electrons. The summed E-state index contributed by atoms with van der Waals surface area (Å²) >= 11 is 4.65. The molecule has 0 atom stereocenters. The molecule has 0 aliphatic rings. The first kappa shape index (κ1) is 21.3. The molecular formula is C20H22BrN5O2S. The molecule has 0 radical (unpaired) electrons. The topological polar surface area (TPSA) is 81.9 Å². The van der Waals surface area contributed by atoms with E-state index in [0.29, 0.717) is 24.1 Å². The first-order chi connectivity index (χ1) is 14.0. The van der Waals surface area contributed by atoms with Crippen molar-refractivity contribution in [2.24, 2.45) is 0 Å². The summed E-state index contributed by atoms with van der Waals surface area (Å²) in [5.74, 6) is 2.10. The molecule has 1 N–H and O–H groups in total. The van der Waals surface area contributed by atoms with Gasteiger partial charge in [-0.15, -0.1) is 10.2 Å². The summed E-state index contributed by atoms with van der Waals surface area (Å²) in [6.07, 6.45) is 1.64. The summed E-state index contributed by atoms with van der Waals surface area (Å²) in [7, 11) is 0. The zero-order chi connectivity index (χ0) is 20.8. The lowest BCUT2D eigenvalue weighted by Gasteiger charge is -2.10. The lowest BCUT2D eigenvalue weighted by Crippen LogP contribution is -2.15. The number of carbonyl (C=O) groups excluding carboxylic acids is 1. The number of benzene rings is 1. The number of halogens is 1. The van der Waals surface area contributed by atoms with E-state index in [4.69, 9.17) is 4.74 Å². The van der Waals surface area contributed by atoms with E-state index in [1.165, 1.54) is 22.9 Å². The van der Waals surface area contributed by atoms with Crippen molar-refractivity contribution in [1.29, 1.82) is 0 Å². The molecule has 3 rings (SSSR count). The van der Waals surface area contributed by atoms with E-state index in [0.717, 1.165) is 16.0 Å². The molecule has 0 bridgehead atoms. The molecule has 0 saturated carbocycles. The molecule has 2 aromatic heterocycles. The van der Waals surface area contributed by atoms with Gasteiger partial charge < -0.3 is 14.6 Å². The van der Waals surface area contributed by atoms with Crippen LogP contribution in [0.15, 0.2) is 46.2 Å². The standard InChI is InChI=1S/C20H22BrN5O2S/c1-4-26-18(11-28-16-7-5-13(2)14(3)9-16)24-25-20(26)29-12-19(27)23-17-8-6-15(21)10-22-17/h5-10H,4,11-12H2,1-3H3,(H,22,23,27). The van der Waals surface area contributed by atoms with Crippen molar-refractivity contribution >= 4 is 39.4 Å². The first-order valence-electron chi connectivity index (χ1n) is 9.12. The van der Waals surface area contributed by atoms with Crippen molar-refractivity contribution in [3.05, 3.63) is 58.0 Å². The normalized spacial score (nSPS) is 10.8. The summed E-state index contributed by atoms with van der Waals surface area (Å²) in [6, 6.07) is 9.56. The zero-order valence-electron chi connectivity index (χ0n) is 16.5. The highest BCUT2D eigenvalue weighted by molar-refractivity contribution is 9.10. The highest BCUT2D eigenvalue weighted by atomic mass is 79.9. The maximum Gasteiger partial charge on any atom is 0.236 e. The number of nitrogens with zero attached hydrogens (tertiary/aromatic N) is 4. The van der Waals surface area contributed by atoms with Crippen LogP contribution < -0.4 is 10.1 Å². The molecule has 1 aromatic carbocycles. The van der Waals surface area contributed by atoms with Crippen LogP contribution in [0, 0.1) is 13.8 Å².